The van der Waals surface area contributed by atoms with Crippen molar-refractivity contribution >= 4 is 23.2 Å². The fourth-order valence-corrected chi connectivity index (χ4v) is 3.30. The Morgan fingerprint density at radius 1 is 1.11 bits per heavy atom. The highest BCUT2D eigenvalue weighted by Crippen LogP contribution is 2.37. The minimum Gasteiger partial charge on any atom is -0.354 e. The highest BCUT2D eigenvalue weighted by atomic mass is 35.5. The summed E-state index contributed by atoms with van der Waals surface area (Å²) >= 11 is 5.96. The lowest BCUT2D eigenvalue weighted by molar-refractivity contribution is -0.137. The number of nitrogens with one attached hydrogen (secondary N) is 1. The molecule has 1 aliphatic rings. The van der Waals surface area contributed by atoms with E-state index >= 15 is 0 Å². The monoisotopic (exact) mass is 408 g/mol. The van der Waals surface area contributed by atoms with Gasteiger partial charge in [-0.3, -0.25) is 9.79 Å². The first-order chi connectivity index (χ1) is 13.3. The van der Waals surface area contributed by atoms with Gasteiger partial charge in [0, 0.05) is 11.6 Å². The van der Waals surface area contributed by atoms with Crippen molar-refractivity contribution in [1.29, 1.82) is 0 Å². The van der Waals surface area contributed by atoms with E-state index in [2.05, 4.69) is 10.3 Å². The predicted octanol–water partition coefficient (Wildman–Crippen LogP) is 5.23. The summed E-state index contributed by atoms with van der Waals surface area (Å²) in [6.45, 7) is 2.61. The van der Waals surface area contributed by atoms with Gasteiger partial charge in [0.2, 0.25) is 5.91 Å². The first kappa shape index (κ1) is 20.4. The van der Waals surface area contributed by atoms with Crippen LogP contribution in [-0.4, -0.2) is 24.2 Å². The van der Waals surface area contributed by atoms with Crippen molar-refractivity contribution in [2.45, 2.75) is 37.9 Å². The molecule has 0 saturated carbocycles. The fraction of sp³-hybridized carbons (Fsp3) is 0.333. The molecule has 0 spiro atoms. The zero-order valence-electron chi connectivity index (χ0n) is 15.3. The van der Waals surface area contributed by atoms with Crippen molar-refractivity contribution < 1.29 is 18.0 Å². The molecular formula is C21H20ClF3N2O. The Labute approximate surface area is 166 Å². The zero-order valence-corrected chi connectivity index (χ0v) is 16.0. The molecule has 0 bridgehead atoms. The molecule has 2 aromatic rings. The number of halogens is 4. The topological polar surface area (TPSA) is 41.5 Å². The van der Waals surface area contributed by atoms with Crippen molar-refractivity contribution in [2.75, 3.05) is 6.54 Å². The molecule has 0 fully saturated rings. The molecule has 0 unspecified atom stereocenters. The van der Waals surface area contributed by atoms with E-state index in [0.717, 1.165) is 30.5 Å². The normalized spacial score (nSPS) is 19.0. The van der Waals surface area contributed by atoms with Crippen LogP contribution in [0, 0.1) is 0 Å². The lowest BCUT2D eigenvalue weighted by Gasteiger charge is -2.34. The van der Waals surface area contributed by atoms with Crippen LogP contribution in [0.25, 0.3) is 0 Å². The van der Waals surface area contributed by atoms with Crippen molar-refractivity contribution in [3.05, 3.63) is 70.2 Å². The number of nitrogens with zero attached hydrogens (tertiary/aromatic N) is 1. The summed E-state index contributed by atoms with van der Waals surface area (Å²) < 4.78 is 38.4. The number of amides is 1. The summed E-state index contributed by atoms with van der Waals surface area (Å²) in [5, 5.41) is 3.45. The van der Waals surface area contributed by atoms with E-state index in [1.165, 1.54) is 12.1 Å². The van der Waals surface area contributed by atoms with E-state index in [-0.39, 0.29) is 11.8 Å². The number of unbranched alkanes of at least 4 members (excludes halogenated alkanes) is 1. The lowest BCUT2D eigenvalue weighted by atomic mass is 9.78. The average Bonchev–Trinajstić information content (AvgIpc) is 2.63. The van der Waals surface area contributed by atoms with Crippen LogP contribution in [0.2, 0.25) is 5.02 Å². The molecule has 0 aromatic heterocycles. The molecule has 0 saturated heterocycles. The summed E-state index contributed by atoms with van der Waals surface area (Å²) in [5.41, 5.74) is 1.32. The Bertz CT molecular complexity index is 861. The maximum absolute atomic E-state index is 12.8. The van der Waals surface area contributed by atoms with Crippen molar-refractivity contribution in [2.24, 2.45) is 4.99 Å². The molecule has 2 aromatic carbocycles. The second-order valence-electron chi connectivity index (χ2n) is 6.71. The van der Waals surface area contributed by atoms with Gasteiger partial charge in [-0.05, 0) is 41.8 Å². The summed E-state index contributed by atoms with van der Waals surface area (Å²) in [7, 11) is 0. The van der Waals surface area contributed by atoms with Gasteiger partial charge < -0.3 is 5.32 Å². The van der Waals surface area contributed by atoms with Gasteiger partial charge in [0.1, 0.15) is 6.04 Å². The number of benzene rings is 2. The van der Waals surface area contributed by atoms with Gasteiger partial charge >= 0.3 is 6.18 Å². The number of rotatable bonds is 6. The standard InChI is InChI=1S/C21H20ClF3N2O/c1-2-3-12-26-20(28)19-17(13-6-10-16(22)11-7-13)18(27-19)14-4-8-15(9-5-14)21(23,24)25/h4-11,17,19H,2-3,12H2,1H3,(H,26,28)/t17-,19-/m0/s1. The maximum Gasteiger partial charge on any atom is 0.416 e. The maximum atomic E-state index is 12.8. The van der Waals surface area contributed by atoms with E-state index in [1.54, 1.807) is 12.1 Å². The Morgan fingerprint density at radius 3 is 2.32 bits per heavy atom. The molecule has 0 radical (unpaired) electrons. The predicted molar refractivity (Wildman–Crippen MR) is 104 cm³/mol. The van der Waals surface area contributed by atoms with Gasteiger partial charge in [-0.2, -0.15) is 13.2 Å². The van der Waals surface area contributed by atoms with E-state index in [0.29, 0.717) is 22.8 Å². The highest BCUT2D eigenvalue weighted by Gasteiger charge is 2.41. The zero-order chi connectivity index (χ0) is 20.3. The molecule has 1 heterocycles. The third kappa shape index (κ3) is 4.38. The van der Waals surface area contributed by atoms with Gasteiger partial charge in [-0.15, -0.1) is 0 Å². The largest absolute Gasteiger partial charge is 0.416 e. The van der Waals surface area contributed by atoms with Gasteiger partial charge in [0.25, 0.3) is 0 Å². The van der Waals surface area contributed by atoms with Crippen LogP contribution in [0.5, 0.6) is 0 Å². The summed E-state index contributed by atoms with van der Waals surface area (Å²) in [4.78, 5) is 17.0. The summed E-state index contributed by atoms with van der Waals surface area (Å²) in [6, 6.07) is 11.4. The Hall–Kier alpha value is -2.34. The molecule has 1 aliphatic heterocycles. The average molecular weight is 409 g/mol. The van der Waals surface area contributed by atoms with Crippen LogP contribution in [0.1, 0.15) is 42.4 Å². The van der Waals surface area contributed by atoms with Gasteiger partial charge in [0.05, 0.1) is 17.2 Å². The van der Waals surface area contributed by atoms with E-state index in [9.17, 15) is 18.0 Å². The van der Waals surface area contributed by atoms with Crippen molar-refractivity contribution in [3.63, 3.8) is 0 Å². The fourth-order valence-electron chi connectivity index (χ4n) is 3.17. The molecule has 7 heteroatoms. The second-order valence-corrected chi connectivity index (χ2v) is 7.14. The number of carbonyl (C=O) groups excluding carboxylic acids is 1. The summed E-state index contributed by atoms with van der Waals surface area (Å²) in [6.07, 6.45) is -2.55. The highest BCUT2D eigenvalue weighted by molar-refractivity contribution is 6.30. The third-order valence-electron chi connectivity index (χ3n) is 4.72. The quantitative estimate of drug-likeness (QED) is 0.653. The number of carbonyl (C=O) groups is 1. The molecule has 3 rings (SSSR count). The minimum atomic E-state index is -4.39. The number of hydrogen-bond donors (Lipinski definition) is 1. The minimum absolute atomic E-state index is 0.177. The van der Waals surface area contributed by atoms with Crippen LogP contribution in [0.4, 0.5) is 13.2 Å². The van der Waals surface area contributed by atoms with Crippen LogP contribution >= 0.6 is 11.6 Å². The molecule has 148 valence electrons. The van der Waals surface area contributed by atoms with Crippen LogP contribution in [-0.2, 0) is 11.0 Å². The molecule has 3 nitrogen and oxygen atoms in total. The molecule has 0 aliphatic carbocycles. The van der Waals surface area contributed by atoms with Crippen LogP contribution in [0.3, 0.4) is 0 Å². The first-order valence-corrected chi connectivity index (χ1v) is 9.47. The number of hydrogen-bond acceptors (Lipinski definition) is 2. The van der Waals surface area contributed by atoms with Crippen molar-refractivity contribution in [3.8, 4) is 0 Å². The third-order valence-corrected chi connectivity index (χ3v) is 4.98. The van der Waals surface area contributed by atoms with Gasteiger partial charge in [-0.25, -0.2) is 0 Å². The smallest absolute Gasteiger partial charge is 0.354 e. The van der Waals surface area contributed by atoms with Gasteiger partial charge in [-0.1, -0.05) is 49.2 Å². The molecule has 28 heavy (non-hydrogen) atoms. The number of alkyl halides is 3. The Morgan fingerprint density at radius 2 is 1.75 bits per heavy atom. The molecule has 2 atom stereocenters. The molecular weight excluding hydrogens is 389 g/mol. The van der Waals surface area contributed by atoms with Crippen LogP contribution < -0.4 is 5.32 Å². The summed E-state index contributed by atoms with van der Waals surface area (Å²) in [5.74, 6) is -0.500. The van der Waals surface area contributed by atoms with Gasteiger partial charge in [0.15, 0.2) is 0 Å². The second kappa shape index (κ2) is 8.35. The van der Waals surface area contributed by atoms with E-state index < -0.39 is 17.8 Å². The number of aliphatic imine (C=N–C) groups is 1. The first-order valence-electron chi connectivity index (χ1n) is 9.09. The van der Waals surface area contributed by atoms with E-state index in [1.807, 2.05) is 19.1 Å². The molecule has 1 N–H and O–H groups in total. The molecule has 1 amide bonds. The Balaban J connectivity index is 1.88. The van der Waals surface area contributed by atoms with Crippen LogP contribution in [0.15, 0.2) is 53.5 Å². The van der Waals surface area contributed by atoms with E-state index in [4.69, 9.17) is 11.6 Å². The lowest BCUT2D eigenvalue weighted by Crippen LogP contribution is -2.47. The Kier molecular flexibility index (Phi) is 6.08. The van der Waals surface area contributed by atoms with Crippen molar-refractivity contribution in [1.82, 2.24) is 5.32 Å². The SMILES string of the molecule is CCCCNC(=O)[C@H]1N=C(c2ccc(C(F)(F)F)cc2)[C@@H]1c1ccc(Cl)cc1.